The number of carbonyl (C=O) groups is 2. The summed E-state index contributed by atoms with van der Waals surface area (Å²) in [5.74, 6) is 0.213. The van der Waals surface area contributed by atoms with Crippen molar-refractivity contribution in [3.63, 3.8) is 0 Å². The van der Waals surface area contributed by atoms with Crippen LogP contribution in [0.4, 0.5) is 0 Å². The van der Waals surface area contributed by atoms with E-state index in [-0.39, 0.29) is 11.8 Å². The summed E-state index contributed by atoms with van der Waals surface area (Å²) in [4.78, 5) is 30.0. The van der Waals surface area contributed by atoms with Crippen LogP contribution in [-0.2, 0) is 4.79 Å². The SMILES string of the molecule is Cc1ccccc1C(=O)NC(CC(C)C)C(=O)N1CCN(C(C)C)CC1. The lowest BCUT2D eigenvalue weighted by molar-refractivity contribution is -0.135. The maximum absolute atomic E-state index is 13.1. The molecule has 0 aliphatic carbocycles. The minimum Gasteiger partial charge on any atom is -0.340 e. The second-order valence-corrected chi connectivity index (χ2v) is 7.93. The summed E-state index contributed by atoms with van der Waals surface area (Å²) < 4.78 is 0. The minimum atomic E-state index is -0.465. The number of benzene rings is 1. The Morgan fingerprint density at radius 3 is 2.19 bits per heavy atom. The molecule has 2 rings (SSSR count). The van der Waals surface area contributed by atoms with Crippen molar-refractivity contribution < 1.29 is 9.59 Å². The number of piperazine rings is 1. The average Bonchev–Trinajstić information content (AvgIpc) is 2.60. The lowest BCUT2D eigenvalue weighted by Gasteiger charge is -2.38. The second kappa shape index (κ2) is 9.17. The maximum Gasteiger partial charge on any atom is 0.252 e. The minimum absolute atomic E-state index is 0.0454. The molecule has 2 amide bonds. The Bertz CT molecular complexity index is 619. The predicted octanol–water partition coefficient (Wildman–Crippen LogP) is 2.69. The number of nitrogens with one attached hydrogen (secondary N) is 1. The first-order chi connectivity index (χ1) is 12.3. The van der Waals surface area contributed by atoms with Crippen LogP contribution in [0.15, 0.2) is 24.3 Å². The van der Waals surface area contributed by atoms with Crippen LogP contribution in [0.2, 0.25) is 0 Å². The molecule has 1 atom stereocenters. The molecular formula is C21H33N3O2. The van der Waals surface area contributed by atoms with Crippen molar-refractivity contribution in [3.8, 4) is 0 Å². The van der Waals surface area contributed by atoms with Crippen molar-refractivity contribution in [2.45, 2.75) is 53.1 Å². The van der Waals surface area contributed by atoms with Gasteiger partial charge in [0.2, 0.25) is 5.91 Å². The second-order valence-electron chi connectivity index (χ2n) is 7.93. The normalized spacial score (nSPS) is 16.8. The Kier molecular flexibility index (Phi) is 7.21. The van der Waals surface area contributed by atoms with Crippen molar-refractivity contribution in [1.82, 2.24) is 15.1 Å². The summed E-state index contributed by atoms with van der Waals surface area (Å²) in [6.45, 7) is 13.7. The monoisotopic (exact) mass is 359 g/mol. The number of hydrogen-bond donors (Lipinski definition) is 1. The highest BCUT2D eigenvalue weighted by Crippen LogP contribution is 2.14. The number of hydrogen-bond acceptors (Lipinski definition) is 3. The molecule has 0 bridgehead atoms. The van der Waals surface area contributed by atoms with E-state index < -0.39 is 6.04 Å². The van der Waals surface area contributed by atoms with Crippen molar-refractivity contribution in [3.05, 3.63) is 35.4 Å². The number of nitrogens with zero attached hydrogens (tertiary/aromatic N) is 2. The Labute approximate surface area is 157 Å². The lowest BCUT2D eigenvalue weighted by atomic mass is 10.0. The quantitative estimate of drug-likeness (QED) is 0.850. The molecule has 26 heavy (non-hydrogen) atoms. The van der Waals surface area contributed by atoms with Gasteiger partial charge in [-0.25, -0.2) is 0 Å². The van der Waals surface area contributed by atoms with Gasteiger partial charge in [0.05, 0.1) is 0 Å². The molecule has 1 aromatic carbocycles. The van der Waals surface area contributed by atoms with Crippen LogP contribution in [0.3, 0.4) is 0 Å². The molecule has 0 aromatic heterocycles. The molecule has 1 aliphatic heterocycles. The molecular weight excluding hydrogens is 326 g/mol. The molecule has 0 spiro atoms. The molecule has 1 saturated heterocycles. The van der Waals surface area contributed by atoms with Crippen molar-refractivity contribution in [2.24, 2.45) is 5.92 Å². The predicted molar refractivity (Wildman–Crippen MR) is 105 cm³/mol. The van der Waals surface area contributed by atoms with Gasteiger partial charge in [0.15, 0.2) is 0 Å². The third kappa shape index (κ3) is 5.31. The first-order valence-corrected chi connectivity index (χ1v) is 9.69. The van der Waals surface area contributed by atoms with Gasteiger partial charge in [-0.15, -0.1) is 0 Å². The van der Waals surface area contributed by atoms with E-state index in [9.17, 15) is 9.59 Å². The third-order valence-electron chi connectivity index (χ3n) is 5.06. The highest BCUT2D eigenvalue weighted by molar-refractivity contribution is 5.98. The molecule has 1 aliphatic rings. The summed E-state index contributed by atoms with van der Waals surface area (Å²) >= 11 is 0. The van der Waals surface area contributed by atoms with Crippen LogP contribution in [-0.4, -0.2) is 59.9 Å². The van der Waals surface area contributed by atoms with Crippen molar-refractivity contribution in [2.75, 3.05) is 26.2 Å². The first-order valence-electron chi connectivity index (χ1n) is 9.69. The lowest BCUT2D eigenvalue weighted by Crippen LogP contribution is -2.56. The topological polar surface area (TPSA) is 52.7 Å². The Hall–Kier alpha value is -1.88. The van der Waals surface area contributed by atoms with E-state index in [1.165, 1.54) is 0 Å². The number of amides is 2. The summed E-state index contributed by atoms with van der Waals surface area (Å²) in [6, 6.07) is 7.53. The van der Waals surface area contributed by atoms with Crippen LogP contribution in [0.5, 0.6) is 0 Å². The highest BCUT2D eigenvalue weighted by atomic mass is 16.2. The van der Waals surface area contributed by atoms with E-state index in [0.29, 0.717) is 23.9 Å². The van der Waals surface area contributed by atoms with Crippen LogP contribution < -0.4 is 5.32 Å². The van der Waals surface area contributed by atoms with Gasteiger partial charge in [0, 0.05) is 37.8 Å². The van der Waals surface area contributed by atoms with Crippen LogP contribution in [0.1, 0.15) is 50.0 Å². The summed E-state index contributed by atoms with van der Waals surface area (Å²) in [5, 5.41) is 2.99. The van der Waals surface area contributed by atoms with Crippen LogP contribution in [0.25, 0.3) is 0 Å². The van der Waals surface area contributed by atoms with Gasteiger partial charge in [-0.1, -0.05) is 32.0 Å². The summed E-state index contributed by atoms with van der Waals surface area (Å²) in [6.07, 6.45) is 0.654. The van der Waals surface area contributed by atoms with Gasteiger partial charge in [-0.3, -0.25) is 14.5 Å². The van der Waals surface area contributed by atoms with E-state index in [4.69, 9.17) is 0 Å². The van der Waals surface area contributed by atoms with Gasteiger partial charge < -0.3 is 10.2 Å². The molecule has 1 unspecified atom stereocenters. The number of carbonyl (C=O) groups excluding carboxylic acids is 2. The molecule has 1 aromatic rings. The van der Waals surface area contributed by atoms with Gasteiger partial charge in [-0.2, -0.15) is 0 Å². The van der Waals surface area contributed by atoms with Crippen molar-refractivity contribution >= 4 is 11.8 Å². The van der Waals surface area contributed by atoms with E-state index >= 15 is 0 Å². The maximum atomic E-state index is 13.1. The largest absolute Gasteiger partial charge is 0.340 e. The first kappa shape index (κ1) is 20.4. The van der Waals surface area contributed by atoms with E-state index in [2.05, 4.69) is 37.9 Å². The van der Waals surface area contributed by atoms with Gasteiger partial charge in [0.1, 0.15) is 6.04 Å². The molecule has 144 valence electrons. The van der Waals surface area contributed by atoms with Gasteiger partial charge >= 0.3 is 0 Å². The molecule has 0 saturated carbocycles. The fraction of sp³-hybridized carbons (Fsp3) is 0.619. The smallest absolute Gasteiger partial charge is 0.252 e. The van der Waals surface area contributed by atoms with Crippen molar-refractivity contribution in [1.29, 1.82) is 0 Å². The zero-order chi connectivity index (χ0) is 19.3. The molecule has 5 nitrogen and oxygen atoms in total. The van der Waals surface area contributed by atoms with Crippen LogP contribution in [0, 0.1) is 12.8 Å². The highest BCUT2D eigenvalue weighted by Gasteiger charge is 2.30. The third-order valence-corrected chi connectivity index (χ3v) is 5.06. The molecule has 1 fully saturated rings. The number of rotatable bonds is 6. The Morgan fingerprint density at radius 1 is 1.04 bits per heavy atom. The van der Waals surface area contributed by atoms with E-state index in [1.54, 1.807) is 0 Å². The average molecular weight is 360 g/mol. The molecule has 1 heterocycles. The molecule has 1 N–H and O–H groups in total. The number of aryl methyl sites for hydroxylation is 1. The van der Waals surface area contributed by atoms with Gasteiger partial charge in [0.25, 0.3) is 5.91 Å². The fourth-order valence-corrected chi connectivity index (χ4v) is 3.44. The molecule has 5 heteroatoms. The van der Waals surface area contributed by atoms with Gasteiger partial charge in [-0.05, 0) is 44.7 Å². The fourth-order valence-electron chi connectivity index (χ4n) is 3.44. The zero-order valence-corrected chi connectivity index (χ0v) is 16.8. The standard InChI is InChI=1S/C21H33N3O2/c1-15(2)14-19(22-20(25)18-9-7-6-8-17(18)5)21(26)24-12-10-23(11-13-24)16(3)4/h6-9,15-16,19H,10-14H2,1-5H3,(H,22,25). The van der Waals surface area contributed by atoms with E-state index in [0.717, 1.165) is 31.7 Å². The van der Waals surface area contributed by atoms with E-state index in [1.807, 2.05) is 36.1 Å². The zero-order valence-electron chi connectivity index (χ0n) is 16.8. The van der Waals surface area contributed by atoms with Crippen LogP contribution >= 0.6 is 0 Å². The summed E-state index contributed by atoms with van der Waals surface area (Å²) in [7, 11) is 0. The Balaban J connectivity index is 2.06. The Morgan fingerprint density at radius 2 is 1.65 bits per heavy atom. The molecule has 0 radical (unpaired) electrons. The summed E-state index contributed by atoms with van der Waals surface area (Å²) in [5.41, 5.74) is 1.56.